The molecule has 0 heterocycles. The number of hydrogen-bond acceptors (Lipinski definition) is 3. The zero-order chi connectivity index (χ0) is 16.0. The number of nitrogens with one attached hydrogen (secondary N) is 2. The van der Waals surface area contributed by atoms with Gasteiger partial charge in [0, 0.05) is 11.1 Å². The summed E-state index contributed by atoms with van der Waals surface area (Å²) in [5, 5.41) is 5.37. The molecule has 21 heavy (non-hydrogen) atoms. The fourth-order valence-corrected chi connectivity index (χ4v) is 1.81. The first kappa shape index (κ1) is 17.1. The molecule has 0 aliphatic rings. The van der Waals surface area contributed by atoms with Gasteiger partial charge in [0.05, 0.1) is 13.0 Å². The minimum absolute atomic E-state index is 0.0267. The Labute approximate surface area is 130 Å². The van der Waals surface area contributed by atoms with Gasteiger partial charge in [-0.05, 0) is 26.3 Å². The first-order chi connectivity index (χ1) is 9.67. The second-order valence-corrected chi connectivity index (χ2v) is 6.25. The molecule has 0 aromatic heterocycles. The van der Waals surface area contributed by atoms with Gasteiger partial charge in [-0.25, -0.2) is 0 Å². The lowest BCUT2D eigenvalue weighted by Gasteiger charge is -2.20. The molecule has 0 aliphatic heterocycles. The van der Waals surface area contributed by atoms with E-state index in [4.69, 9.17) is 18.0 Å². The van der Waals surface area contributed by atoms with Crippen molar-refractivity contribution in [1.29, 1.82) is 0 Å². The molecule has 0 radical (unpaired) electrons. The molecular weight excluding hydrogens is 286 g/mol. The van der Waals surface area contributed by atoms with E-state index in [1.54, 1.807) is 24.3 Å². The Balaban J connectivity index is 2.43. The number of hydrogen-bond donors (Lipinski definition) is 3. The standard InChI is InChI=1S/C15H21N3O2S/c1-15(2,3)18-13(20)9-17-12(19)8-10-4-6-11(7-5-10)14(16)21/h4-7H,8-9H2,1-3H3,(H2,16,21)(H,17,19)(H,18,20). The third-order valence-electron chi connectivity index (χ3n) is 2.56. The van der Waals surface area contributed by atoms with E-state index in [0.29, 0.717) is 4.99 Å². The van der Waals surface area contributed by atoms with Crippen LogP contribution in [0.5, 0.6) is 0 Å². The van der Waals surface area contributed by atoms with E-state index in [1.807, 2.05) is 20.8 Å². The van der Waals surface area contributed by atoms with Crippen molar-refractivity contribution in [3.8, 4) is 0 Å². The van der Waals surface area contributed by atoms with Gasteiger partial charge >= 0.3 is 0 Å². The van der Waals surface area contributed by atoms with Crippen molar-refractivity contribution < 1.29 is 9.59 Å². The van der Waals surface area contributed by atoms with Crippen LogP contribution in [0, 0.1) is 0 Å². The third kappa shape index (κ3) is 6.85. The topological polar surface area (TPSA) is 84.2 Å². The molecule has 0 fully saturated rings. The smallest absolute Gasteiger partial charge is 0.239 e. The SMILES string of the molecule is CC(C)(C)NC(=O)CNC(=O)Cc1ccc(C(N)=S)cc1. The fraction of sp³-hybridized carbons (Fsp3) is 0.400. The van der Waals surface area contributed by atoms with Crippen molar-refractivity contribution >= 4 is 29.0 Å². The first-order valence-electron chi connectivity index (χ1n) is 6.64. The number of thiocarbonyl (C=S) groups is 1. The highest BCUT2D eigenvalue weighted by atomic mass is 32.1. The van der Waals surface area contributed by atoms with Gasteiger partial charge in [0.2, 0.25) is 11.8 Å². The first-order valence-corrected chi connectivity index (χ1v) is 7.04. The van der Waals surface area contributed by atoms with Crippen LogP contribution in [-0.4, -0.2) is 28.9 Å². The zero-order valence-corrected chi connectivity index (χ0v) is 13.3. The number of nitrogens with two attached hydrogens (primary N) is 1. The highest BCUT2D eigenvalue weighted by Crippen LogP contribution is 2.05. The molecule has 114 valence electrons. The molecular formula is C15H21N3O2S. The van der Waals surface area contributed by atoms with Crippen molar-refractivity contribution in [3.63, 3.8) is 0 Å². The van der Waals surface area contributed by atoms with Crippen LogP contribution in [0.4, 0.5) is 0 Å². The molecule has 4 N–H and O–H groups in total. The normalized spacial score (nSPS) is 10.8. The number of benzene rings is 1. The second kappa shape index (κ2) is 7.17. The van der Waals surface area contributed by atoms with Crippen molar-refractivity contribution in [2.24, 2.45) is 5.73 Å². The van der Waals surface area contributed by atoms with Crippen LogP contribution in [0.2, 0.25) is 0 Å². The summed E-state index contributed by atoms with van der Waals surface area (Å²) in [5.74, 6) is -0.415. The molecule has 1 aromatic carbocycles. The van der Waals surface area contributed by atoms with E-state index >= 15 is 0 Å². The summed E-state index contributed by atoms with van der Waals surface area (Å²) in [5.41, 5.74) is 6.80. The summed E-state index contributed by atoms with van der Waals surface area (Å²) in [6, 6.07) is 7.14. The Kier molecular flexibility index (Phi) is 5.84. The zero-order valence-electron chi connectivity index (χ0n) is 12.5. The van der Waals surface area contributed by atoms with Crippen LogP contribution in [0.25, 0.3) is 0 Å². The Morgan fingerprint density at radius 2 is 1.71 bits per heavy atom. The van der Waals surface area contributed by atoms with Gasteiger partial charge in [-0.3, -0.25) is 9.59 Å². The highest BCUT2D eigenvalue weighted by Gasteiger charge is 2.14. The lowest BCUT2D eigenvalue weighted by molar-refractivity contribution is -0.126. The lowest BCUT2D eigenvalue weighted by Crippen LogP contribution is -2.46. The van der Waals surface area contributed by atoms with Gasteiger partial charge in [-0.1, -0.05) is 36.5 Å². The molecule has 6 heteroatoms. The van der Waals surface area contributed by atoms with Crippen molar-refractivity contribution in [2.45, 2.75) is 32.7 Å². The molecule has 0 atom stereocenters. The molecule has 1 aromatic rings. The minimum Gasteiger partial charge on any atom is -0.389 e. The Morgan fingerprint density at radius 3 is 2.19 bits per heavy atom. The van der Waals surface area contributed by atoms with Crippen LogP contribution < -0.4 is 16.4 Å². The van der Waals surface area contributed by atoms with Crippen LogP contribution in [0.3, 0.4) is 0 Å². The quantitative estimate of drug-likeness (QED) is 0.706. The number of amides is 2. The van der Waals surface area contributed by atoms with E-state index in [2.05, 4.69) is 10.6 Å². The molecule has 0 bridgehead atoms. The van der Waals surface area contributed by atoms with E-state index in [9.17, 15) is 9.59 Å². The van der Waals surface area contributed by atoms with Gasteiger partial charge in [0.1, 0.15) is 4.99 Å². The molecule has 0 unspecified atom stereocenters. The van der Waals surface area contributed by atoms with Crippen LogP contribution in [-0.2, 0) is 16.0 Å². The van der Waals surface area contributed by atoms with Gasteiger partial charge in [0.15, 0.2) is 0 Å². The summed E-state index contributed by atoms with van der Waals surface area (Å²) >= 11 is 4.86. The van der Waals surface area contributed by atoms with Gasteiger partial charge in [0.25, 0.3) is 0 Å². The Morgan fingerprint density at radius 1 is 1.14 bits per heavy atom. The van der Waals surface area contributed by atoms with Crippen molar-refractivity contribution in [1.82, 2.24) is 10.6 Å². The summed E-state index contributed by atoms with van der Waals surface area (Å²) in [7, 11) is 0. The van der Waals surface area contributed by atoms with Crippen LogP contribution in [0.1, 0.15) is 31.9 Å². The number of carbonyl (C=O) groups is 2. The summed E-state index contributed by atoms with van der Waals surface area (Å²) in [6.07, 6.45) is 0.209. The molecule has 0 saturated heterocycles. The molecule has 0 spiro atoms. The molecule has 0 aliphatic carbocycles. The van der Waals surface area contributed by atoms with E-state index < -0.39 is 0 Å². The van der Waals surface area contributed by atoms with E-state index in [-0.39, 0.29) is 30.3 Å². The monoisotopic (exact) mass is 307 g/mol. The maximum Gasteiger partial charge on any atom is 0.239 e. The average Bonchev–Trinajstić information content (AvgIpc) is 2.35. The van der Waals surface area contributed by atoms with Gasteiger partial charge in [-0.15, -0.1) is 0 Å². The number of carbonyl (C=O) groups excluding carboxylic acids is 2. The van der Waals surface area contributed by atoms with Crippen molar-refractivity contribution in [3.05, 3.63) is 35.4 Å². The Bertz CT molecular complexity index is 533. The largest absolute Gasteiger partial charge is 0.389 e. The van der Waals surface area contributed by atoms with E-state index in [1.165, 1.54) is 0 Å². The molecule has 2 amide bonds. The van der Waals surface area contributed by atoms with Gasteiger partial charge in [-0.2, -0.15) is 0 Å². The highest BCUT2D eigenvalue weighted by molar-refractivity contribution is 7.80. The number of rotatable bonds is 5. The second-order valence-electron chi connectivity index (χ2n) is 5.81. The summed E-state index contributed by atoms with van der Waals surface area (Å²) < 4.78 is 0. The summed E-state index contributed by atoms with van der Waals surface area (Å²) in [4.78, 5) is 23.7. The fourth-order valence-electron chi connectivity index (χ4n) is 1.68. The molecule has 1 rings (SSSR count). The Hall–Kier alpha value is -1.95. The predicted octanol–water partition coefficient (Wildman–Crippen LogP) is 0.894. The maximum atomic E-state index is 11.8. The maximum absolute atomic E-state index is 11.8. The third-order valence-corrected chi connectivity index (χ3v) is 2.80. The minimum atomic E-state index is -0.307. The van der Waals surface area contributed by atoms with Gasteiger partial charge < -0.3 is 16.4 Å². The van der Waals surface area contributed by atoms with E-state index in [0.717, 1.165) is 11.1 Å². The molecule has 0 saturated carbocycles. The lowest BCUT2D eigenvalue weighted by atomic mass is 10.1. The van der Waals surface area contributed by atoms with Crippen LogP contribution >= 0.6 is 12.2 Å². The average molecular weight is 307 g/mol. The summed E-state index contributed by atoms with van der Waals surface area (Å²) in [6.45, 7) is 5.63. The van der Waals surface area contributed by atoms with Crippen molar-refractivity contribution in [2.75, 3.05) is 6.54 Å². The molecule has 5 nitrogen and oxygen atoms in total. The van der Waals surface area contributed by atoms with Crippen LogP contribution in [0.15, 0.2) is 24.3 Å². The predicted molar refractivity (Wildman–Crippen MR) is 86.9 cm³/mol.